The molecule has 6 nitrogen and oxygen atoms in total. The van der Waals surface area contributed by atoms with Crippen LogP contribution >= 0.6 is 35.6 Å². The normalized spacial score (nSPS) is 17.8. The molecule has 3 aromatic rings. The smallest absolute Gasteiger partial charge is 0.254 e. The molecular formula is C29H34ClN3O3S2. The summed E-state index contributed by atoms with van der Waals surface area (Å²) in [6.45, 7) is 11.8. The molecule has 2 aliphatic rings. The van der Waals surface area contributed by atoms with E-state index in [1.54, 1.807) is 0 Å². The number of carbonyl (C=O) groups excluding carboxylic acids is 1. The Hall–Kier alpha value is -2.10. The lowest BCUT2D eigenvalue weighted by molar-refractivity contribution is 0.0341. The van der Waals surface area contributed by atoms with Crippen molar-refractivity contribution in [3.8, 4) is 5.75 Å². The number of morpholine rings is 1. The van der Waals surface area contributed by atoms with E-state index in [9.17, 15) is 4.79 Å². The van der Waals surface area contributed by atoms with Gasteiger partial charge in [0.05, 0.1) is 35.3 Å². The maximum absolute atomic E-state index is 13.4. The Kier molecular flexibility index (Phi) is 8.36. The van der Waals surface area contributed by atoms with Crippen LogP contribution in [-0.2, 0) is 24.4 Å². The number of nitrogens with one attached hydrogen (secondary N) is 1. The van der Waals surface area contributed by atoms with Crippen LogP contribution in [0.2, 0.25) is 5.02 Å². The predicted octanol–water partition coefficient (Wildman–Crippen LogP) is 6.08. The topological polar surface area (TPSA) is 55.7 Å². The van der Waals surface area contributed by atoms with E-state index in [1.807, 2.05) is 42.2 Å². The summed E-state index contributed by atoms with van der Waals surface area (Å²) in [7, 11) is 0. The lowest BCUT2D eigenvalue weighted by Crippen LogP contribution is -2.36. The number of carbonyl (C=O) groups is 1. The number of halogens is 1. The Morgan fingerprint density at radius 3 is 2.61 bits per heavy atom. The Morgan fingerprint density at radius 2 is 1.89 bits per heavy atom. The van der Waals surface area contributed by atoms with Gasteiger partial charge in [-0.25, -0.2) is 0 Å². The number of benzene rings is 2. The van der Waals surface area contributed by atoms with E-state index in [1.165, 1.54) is 0 Å². The number of thioether (sulfide) groups is 1. The number of amides is 1. The van der Waals surface area contributed by atoms with Gasteiger partial charge in [-0.05, 0) is 35.4 Å². The molecule has 0 saturated carbocycles. The minimum atomic E-state index is -0.178. The number of hydrogen-bond donors (Lipinski definition) is 1. The molecule has 1 N–H and O–H groups in total. The Labute approximate surface area is 238 Å². The second kappa shape index (κ2) is 11.6. The van der Waals surface area contributed by atoms with Crippen LogP contribution < -0.4 is 10.1 Å². The number of nitrogens with zero attached hydrogens (tertiary/aromatic N) is 2. The predicted molar refractivity (Wildman–Crippen MR) is 158 cm³/mol. The van der Waals surface area contributed by atoms with Crippen LogP contribution in [0.15, 0.2) is 42.6 Å². The van der Waals surface area contributed by atoms with E-state index in [2.05, 4.69) is 47.7 Å². The van der Waals surface area contributed by atoms with Gasteiger partial charge >= 0.3 is 0 Å². The van der Waals surface area contributed by atoms with Gasteiger partial charge in [-0.1, -0.05) is 56.7 Å². The molecule has 1 aromatic heterocycles. The molecule has 0 radical (unpaired) electrons. The highest BCUT2D eigenvalue weighted by molar-refractivity contribution is 8.00. The van der Waals surface area contributed by atoms with Gasteiger partial charge in [0.25, 0.3) is 5.91 Å². The fourth-order valence-electron chi connectivity index (χ4n) is 4.81. The van der Waals surface area contributed by atoms with Crippen molar-refractivity contribution in [2.45, 2.75) is 51.3 Å². The van der Waals surface area contributed by atoms with Crippen molar-refractivity contribution in [3.05, 3.63) is 68.8 Å². The van der Waals surface area contributed by atoms with Gasteiger partial charge in [-0.2, -0.15) is 11.8 Å². The summed E-state index contributed by atoms with van der Waals surface area (Å²) in [5, 5.41) is 4.60. The van der Waals surface area contributed by atoms with Gasteiger partial charge in [-0.15, -0.1) is 0 Å². The average molecular weight is 572 g/mol. The van der Waals surface area contributed by atoms with E-state index in [0.29, 0.717) is 28.2 Å². The highest BCUT2D eigenvalue weighted by atomic mass is 35.5. The van der Waals surface area contributed by atoms with Crippen molar-refractivity contribution in [1.82, 2.24) is 14.8 Å². The Bertz CT molecular complexity index is 1380. The summed E-state index contributed by atoms with van der Waals surface area (Å²) in [6.07, 6.45) is 1.91. The molecule has 2 aliphatic heterocycles. The van der Waals surface area contributed by atoms with Crippen molar-refractivity contribution >= 4 is 52.4 Å². The average Bonchev–Trinajstić information content (AvgIpc) is 2.89. The zero-order chi connectivity index (χ0) is 26.9. The van der Waals surface area contributed by atoms with E-state index in [4.69, 9.17) is 33.3 Å². The Morgan fingerprint density at radius 1 is 1.16 bits per heavy atom. The molecule has 1 atom stereocenters. The van der Waals surface area contributed by atoms with E-state index in [0.717, 1.165) is 66.4 Å². The highest BCUT2D eigenvalue weighted by Crippen LogP contribution is 2.36. The summed E-state index contributed by atoms with van der Waals surface area (Å²) in [5.74, 6) is 1.53. The van der Waals surface area contributed by atoms with Gasteiger partial charge in [0.2, 0.25) is 0 Å². The van der Waals surface area contributed by atoms with Crippen LogP contribution in [-0.4, -0.2) is 58.3 Å². The third-order valence-electron chi connectivity index (χ3n) is 6.71. The standard InChI is InChI=1S/C29H34ClN3O3S2/c1-29(2,3)38-18-22-16-33-17-24(28(34)31-14-19-4-6-21(30)7-5-19)27(37)23-12-20(13-25(36-22)26(23)33)15-32-8-10-35-11-9-32/h4-7,12-13,17,22H,8-11,14-16,18H2,1-3H3,(H,31,34). The monoisotopic (exact) mass is 571 g/mol. The third kappa shape index (κ3) is 6.54. The van der Waals surface area contributed by atoms with Crippen molar-refractivity contribution in [3.63, 3.8) is 0 Å². The molecule has 0 aliphatic carbocycles. The van der Waals surface area contributed by atoms with Gasteiger partial charge in [-0.3, -0.25) is 9.69 Å². The van der Waals surface area contributed by atoms with E-state index in [-0.39, 0.29) is 16.8 Å². The van der Waals surface area contributed by atoms with Crippen LogP contribution in [0.25, 0.3) is 10.9 Å². The summed E-state index contributed by atoms with van der Waals surface area (Å²) >= 11 is 13.8. The molecule has 1 amide bonds. The molecule has 5 rings (SSSR count). The quantitative estimate of drug-likeness (QED) is 0.347. The first-order chi connectivity index (χ1) is 18.2. The van der Waals surface area contributed by atoms with Crippen LogP contribution in [0, 0.1) is 4.51 Å². The fraction of sp³-hybridized carbons (Fsp3) is 0.448. The molecule has 0 bridgehead atoms. The van der Waals surface area contributed by atoms with Crippen LogP contribution in [0.1, 0.15) is 42.3 Å². The molecule has 202 valence electrons. The van der Waals surface area contributed by atoms with E-state index >= 15 is 0 Å². The number of hydrogen-bond acceptors (Lipinski definition) is 6. The molecule has 0 spiro atoms. The fourth-order valence-corrected chi connectivity index (χ4v) is 6.09. The van der Waals surface area contributed by atoms with Gasteiger partial charge < -0.3 is 19.4 Å². The third-order valence-corrected chi connectivity index (χ3v) is 8.81. The highest BCUT2D eigenvalue weighted by Gasteiger charge is 2.27. The van der Waals surface area contributed by atoms with Crippen molar-refractivity contribution < 1.29 is 14.3 Å². The number of rotatable bonds is 7. The van der Waals surface area contributed by atoms with Crippen molar-refractivity contribution in [2.24, 2.45) is 0 Å². The molecule has 2 aromatic carbocycles. The lowest BCUT2D eigenvalue weighted by Gasteiger charge is -2.32. The minimum Gasteiger partial charge on any atom is -0.485 e. The summed E-state index contributed by atoms with van der Waals surface area (Å²) in [5.41, 5.74) is 3.59. The number of pyridine rings is 1. The maximum atomic E-state index is 13.4. The minimum absolute atomic E-state index is 0.000452. The van der Waals surface area contributed by atoms with Crippen LogP contribution in [0.3, 0.4) is 0 Å². The van der Waals surface area contributed by atoms with Gasteiger partial charge in [0, 0.05) is 53.3 Å². The first-order valence-corrected chi connectivity index (χ1v) is 14.8. The molecule has 1 saturated heterocycles. The maximum Gasteiger partial charge on any atom is 0.254 e. The zero-order valence-corrected chi connectivity index (χ0v) is 24.5. The molecule has 1 unspecified atom stereocenters. The molecule has 3 heterocycles. The molecule has 9 heteroatoms. The summed E-state index contributed by atoms with van der Waals surface area (Å²) < 4.78 is 14.9. The first kappa shape index (κ1) is 27.5. The Balaban J connectivity index is 1.48. The SMILES string of the molecule is CC(C)(C)SCC1Cn2cc(C(=O)NCc3ccc(Cl)cc3)c(=S)c3cc(CN4CCOCC4)cc(c32)O1. The first-order valence-electron chi connectivity index (χ1n) is 13.0. The molecular weight excluding hydrogens is 538 g/mol. The molecule has 1 fully saturated rings. The van der Waals surface area contributed by atoms with Crippen molar-refractivity contribution in [2.75, 3.05) is 32.1 Å². The van der Waals surface area contributed by atoms with E-state index < -0.39 is 0 Å². The summed E-state index contributed by atoms with van der Waals surface area (Å²) in [6, 6.07) is 11.8. The van der Waals surface area contributed by atoms with Gasteiger partial charge in [0.1, 0.15) is 11.9 Å². The van der Waals surface area contributed by atoms with Crippen molar-refractivity contribution in [1.29, 1.82) is 0 Å². The second-order valence-electron chi connectivity index (χ2n) is 10.9. The second-order valence-corrected chi connectivity index (χ2v) is 13.6. The van der Waals surface area contributed by atoms with Crippen LogP contribution in [0.5, 0.6) is 5.75 Å². The summed E-state index contributed by atoms with van der Waals surface area (Å²) in [4.78, 5) is 15.8. The number of aromatic nitrogens is 1. The largest absolute Gasteiger partial charge is 0.485 e. The lowest BCUT2D eigenvalue weighted by atomic mass is 10.0. The molecule has 38 heavy (non-hydrogen) atoms. The van der Waals surface area contributed by atoms with Crippen LogP contribution in [0.4, 0.5) is 0 Å². The number of ether oxygens (including phenoxy) is 2. The zero-order valence-electron chi connectivity index (χ0n) is 22.1. The van der Waals surface area contributed by atoms with Gasteiger partial charge in [0.15, 0.2) is 0 Å².